The highest BCUT2D eigenvalue weighted by Gasteiger charge is 2.52. The molecule has 0 aromatic carbocycles. The van der Waals surface area contributed by atoms with E-state index in [0.29, 0.717) is 29.5 Å². The van der Waals surface area contributed by atoms with Gasteiger partial charge in [-0.15, -0.1) is 0 Å². The Kier molecular flexibility index (Phi) is 5.10. The number of H-pyrrole nitrogens is 1. The van der Waals surface area contributed by atoms with Gasteiger partial charge in [0.25, 0.3) is 5.56 Å². The summed E-state index contributed by atoms with van der Waals surface area (Å²) in [7, 11) is 5.03. The number of nitrogens with one attached hydrogen (secondary N) is 1. The lowest BCUT2D eigenvalue weighted by atomic mass is 9.79. The predicted octanol–water partition coefficient (Wildman–Crippen LogP) is -0.769. The molecule has 0 radical (unpaired) electrons. The van der Waals surface area contributed by atoms with E-state index in [9.17, 15) is 24.6 Å². The van der Waals surface area contributed by atoms with Crippen molar-refractivity contribution in [3.63, 3.8) is 0 Å². The van der Waals surface area contributed by atoms with Crippen LogP contribution in [0.3, 0.4) is 0 Å². The van der Waals surface area contributed by atoms with Crippen LogP contribution in [-0.4, -0.2) is 92.7 Å². The number of aliphatic hydroxyl groups is 2. The molecule has 2 aromatic heterocycles. The number of likely N-dealkylation sites (tertiary alicyclic amines) is 1. The highest BCUT2D eigenvalue weighted by atomic mass is 16.5. The van der Waals surface area contributed by atoms with Crippen molar-refractivity contribution in [3.05, 3.63) is 21.6 Å². The third-order valence-corrected chi connectivity index (χ3v) is 6.72. The third-order valence-electron chi connectivity index (χ3n) is 6.72. The Labute approximate surface area is 188 Å². The van der Waals surface area contributed by atoms with Gasteiger partial charge in [0.1, 0.15) is 12.3 Å². The number of aryl methyl sites for hydroxylation is 1. The molecule has 2 fully saturated rings. The molecule has 12 nitrogen and oxygen atoms in total. The van der Waals surface area contributed by atoms with Gasteiger partial charge in [-0.25, -0.2) is 4.99 Å². The van der Waals surface area contributed by atoms with Crippen LogP contribution in [0.4, 0.5) is 5.95 Å². The topological polar surface area (TPSA) is 153 Å². The standard InChI is InChI=1S/C21H26N6O6/c1-25(2)8-22-21-23-17-15(18(30)24-21)9-4-5-10-14(20(32)26(3)19(10)31)16(9)27(17)13-6-11(29)12(7-28)33-13/h8,10-14,28-29H,4-7H2,1-3H3,(H,23,24,30)/b22-8+/t10?,11-,12+,13+,14?/m0/s1. The Morgan fingerprint density at radius 1 is 1.30 bits per heavy atom. The van der Waals surface area contributed by atoms with Gasteiger partial charge in [0, 0.05) is 33.3 Å². The summed E-state index contributed by atoms with van der Waals surface area (Å²) in [5, 5.41) is 20.3. The van der Waals surface area contributed by atoms with Crippen molar-refractivity contribution in [3.8, 4) is 0 Å². The van der Waals surface area contributed by atoms with Crippen LogP contribution in [0.1, 0.15) is 36.2 Å². The number of hydrogen-bond donors (Lipinski definition) is 3. The molecule has 0 spiro atoms. The van der Waals surface area contributed by atoms with E-state index in [1.165, 1.54) is 13.4 Å². The minimum Gasteiger partial charge on any atom is -0.394 e. The maximum Gasteiger partial charge on any atom is 0.262 e. The number of aromatic amines is 1. The first-order valence-corrected chi connectivity index (χ1v) is 10.9. The molecule has 4 heterocycles. The second kappa shape index (κ2) is 7.75. The van der Waals surface area contributed by atoms with Gasteiger partial charge in [-0.1, -0.05) is 0 Å². The zero-order valence-corrected chi connectivity index (χ0v) is 18.6. The van der Waals surface area contributed by atoms with Gasteiger partial charge in [-0.05, 0) is 18.4 Å². The maximum atomic E-state index is 13.1. The number of aliphatic imine (C=N–C) groups is 1. The quantitative estimate of drug-likeness (QED) is 0.307. The largest absolute Gasteiger partial charge is 0.394 e. The molecular weight excluding hydrogens is 432 g/mol. The average molecular weight is 458 g/mol. The van der Waals surface area contributed by atoms with Gasteiger partial charge in [-0.2, -0.15) is 4.98 Å². The highest BCUT2D eigenvalue weighted by Crippen LogP contribution is 2.47. The minimum atomic E-state index is -0.927. The number of ether oxygens (including phenoxy) is 1. The molecule has 3 N–H and O–H groups in total. The van der Waals surface area contributed by atoms with E-state index in [1.54, 1.807) is 23.6 Å². The molecule has 5 rings (SSSR count). The number of amides is 2. The summed E-state index contributed by atoms with van der Waals surface area (Å²) in [4.78, 5) is 53.2. The van der Waals surface area contributed by atoms with Gasteiger partial charge < -0.3 is 24.4 Å². The predicted molar refractivity (Wildman–Crippen MR) is 116 cm³/mol. The van der Waals surface area contributed by atoms with Gasteiger partial charge in [0.05, 0.1) is 36.3 Å². The summed E-state index contributed by atoms with van der Waals surface area (Å²) in [6.45, 7) is -0.377. The second-order valence-corrected chi connectivity index (χ2v) is 9.00. The normalized spacial score (nSPS) is 29.4. The van der Waals surface area contributed by atoms with Crippen molar-refractivity contribution < 1.29 is 24.5 Å². The van der Waals surface area contributed by atoms with E-state index in [1.807, 2.05) is 0 Å². The minimum absolute atomic E-state index is 0.0806. The summed E-state index contributed by atoms with van der Waals surface area (Å²) < 4.78 is 7.57. The Balaban J connectivity index is 1.77. The van der Waals surface area contributed by atoms with Crippen molar-refractivity contribution in [2.75, 3.05) is 27.7 Å². The highest BCUT2D eigenvalue weighted by molar-refractivity contribution is 6.08. The lowest BCUT2D eigenvalue weighted by Crippen LogP contribution is -2.27. The van der Waals surface area contributed by atoms with Crippen LogP contribution in [0, 0.1) is 5.92 Å². The monoisotopic (exact) mass is 458 g/mol. The first-order chi connectivity index (χ1) is 15.7. The molecule has 0 bridgehead atoms. The van der Waals surface area contributed by atoms with Crippen molar-refractivity contribution in [1.29, 1.82) is 0 Å². The van der Waals surface area contributed by atoms with Gasteiger partial charge >= 0.3 is 0 Å². The molecule has 2 aromatic rings. The van der Waals surface area contributed by atoms with Gasteiger partial charge in [-0.3, -0.25) is 24.3 Å². The fourth-order valence-electron chi connectivity index (χ4n) is 5.21. The van der Waals surface area contributed by atoms with Gasteiger partial charge in [0.15, 0.2) is 5.65 Å². The Morgan fingerprint density at radius 3 is 2.73 bits per heavy atom. The molecule has 2 saturated heterocycles. The summed E-state index contributed by atoms with van der Waals surface area (Å²) in [5.41, 5.74) is 1.05. The van der Waals surface area contributed by atoms with Crippen molar-refractivity contribution in [2.24, 2.45) is 10.9 Å². The maximum absolute atomic E-state index is 13.1. The molecule has 176 valence electrons. The average Bonchev–Trinajstić information content (AvgIpc) is 3.38. The van der Waals surface area contributed by atoms with Crippen LogP contribution in [-0.2, 0) is 20.7 Å². The molecule has 2 amide bonds. The van der Waals surface area contributed by atoms with E-state index in [2.05, 4.69) is 15.0 Å². The van der Waals surface area contributed by atoms with E-state index in [0.717, 1.165) is 4.90 Å². The van der Waals surface area contributed by atoms with E-state index in [4.69, 9.17) is 4.74 Å². The zero-order valence-electron chi connectivity index (χ0n) is 18.6. The fraction of sp³-hybridized carbons (Fsp3) is 0.571. The van der Waals surface area contributed by atoms with Crippen LogP contribution >= 0.6 is 0 Å². The van der Waals surface area contributed by atoms with Crippen LogP contribution < -0.4 is 5.56 Å². The number of carbonyl (C=O) groups excluding carboxylic acids is 2. The molecule has 2 unspecified atom stereocenters. The molecule has 12 heteroatoms. The third kappa shape index (κ3) is 3.20. The molecule has 2 aliphatic heterocycles. The number of imide groups is 1. The zero-order chi connectivity index (χ0) is 23.6. The number of aromatic nitrogens is 3. The molecule has 1 aliphatic carbocycles. The summed E-state index contributed by atoms with van der Waals surface area (Å²) in [5.74, 6) is -1.79. The Bertz CT molecular complexity index is 1230. The lowest BCUT2D eigenvalue weighted by molar-refractivity contribution is -0.137. The second-order valence-electron chi connectivity index (χ2n) is 9.00. The summed E-state index contributed by atoms with van der Waals surface area (Å²) in [6.07, 6.45) is 0.00986. The number of aliphatic hydroxyl groups excluding tert-OH is 2. The number of fused-ring (bicyclic) bond motifs is 5. The van der Waals surface area contributed by atoms with E-state index in [-0.39, 0.29) is 36.4 Å². The number of carbonyl (C=O) groups is 2. The van der Waals surface area contributed by atoms with Crippen LogP contribution in [0.25, 0.3) is 11.0 Å². The van der Waals surface area contributed by atoms with E-state index >= 15 is 0 Å². The Morgan fingerprint density at radius 2 is 2.06 bits per heavy atom. The van der Waals surface area contributed by atoms with Crippen molar-refractivity contribution in [1.82, 2.24) is 24.3 Å². The molecule has 0 saturated carbocycles. The smallest absolute Gasteiger partial charge is 0.262 e. The SMILES string of the molecule is CN(C)/C=N/c1nc2c(c3c(n2[C@H]2C[C@H](O)[C@@H](CO)O2)C2C(=O)N(C)C(=O)C2CC3)c(=O)[nH]1. The van der Waals surface area contributed by atoms with Gasteiger partial charge in [0.2, 0.25) is 17.8 Å². The van der Waals surface area contributed by atoms with Crippen LogP contribution in [0.15, 0.2) is 9.79 Å². The number of likely N-dealkylation sites (N-methyl/N-ethyl adjacent to an activating group) is 1. The first-order valence-electron chi connectivity index (χ1n) is 10.9. The van der Waals surface area contributed by atoms with E-state index < -0.39 is 35.8 Å². The lowest BCUT2D eigenvalue weighted by Gasteiger charge is -2.26. The molecule has 33 heavy (non-hydrogen) atoms. The number of rotatable bonds is 4. The van der Waals surface area contributed by atoms with Crippen molar-refractivity contribution >= 4 is 35.1 Å². The summed E-state index contributed by atoms with van der Waals surface area (Å²) >= 11 is 0. The molecule has 3 aliphatic rings. The number of hydrogen-bond acceptors (Lipinski definition) is 8. The van der Waals surface area contributed by atoms with Crippen LogP contribution in [0.5, 0.6) is 0 Å². The number of nitrogens with zero attached hydrogens (tertiary/aromatic N) is 5. The first kappa shape index (κ1) is 21.7. The van der Waals surface area contributed by atoms with Crippen LogP contribution in [0.2, 0.25) is 0 Å². The fourth-order valence-corrected chi connectivity index (χ4v) is 5.21. The molecule has 5 atom stereocenters. The summed E-state index contributed by atoms with van der Waals surface area (Å²) in [6, 6.07) is 0. The van der Waals surface area contributed by atoms with Crippen molar-refractivity contribution in [2.45, 2.75) is 43.6 Å². The molecular formula is C21H26N6O6. The Hall–Kier alpha value is -3.09.